The minimum atomic E-state index is 0.571. The lowest BCUT2D eigenvalue weighted by Crippen LogP contribution is -1.95. The van der Waals surface area contributed by atoms with Gasteiger partial charge in [-0.25, -0.2) is 0 Å². The van der Waals surface area contributed by atoms with Crippen molar-refractivity contribution in [3.05, 3.63) is 60.3 Å². The Morgan fingerprint density at radius 2 is 2.05 bits per heavy atom. The standard InChI is InChI=1S/C17H13N3O/c1-21-15-6-4-13(11-18)17(10-15)20-14-5-7-16-12(9-14)3-2-8-19-16/h2-10,20H,1H3. The number of hydrogen-bond acceptors (Lipinski definition) is 4. The van der Waals surface area contributed by atoms with Crippen LogP contribution in [0.5, 0.6) is 5.75 Å². The molecular formula is C17H13N3O. The molecule has 21 heavy (non-hydrogen) atoms. The average molecular weight is 275 g/mol. The van der Waals surface area contributed by atoms with E-state index in [4.69, 9.17) is 4.74 Å². The molecule has 0 aliphatic carbocycles. The first-order valence-corrected chi connectivity index (χ1v) is 6.50. The fraction of sp³-hybridized carbons (Fsp3) is 0.0588. The van der Waals surface area contributed by atoms with Crippen LogP contribution in [-0.2, 0) is 0 Å². The van der Waals surface area contributed by atoms with Crippen molar-refractivity contribution in [3.8, 4) is 11.8 Å². The molecule has 0 saturated heterocycles. The van der Waals surface area contributed by atoms with Crippen molar-refractivity contribution in [2.45, 2.75) is 0 Å². The third-order valence-electron chi connectivity index (χ3n) is 3.23. The van der Waals surface area contributed by atoms with Gasteiger partial charge in [0.1, 0.15) is 11.8 Å². The molecule has 0 radical (unpaired) electrons. The Kier molecular flexibility index (Phi) is 3.40. The molecule has 3 aromatic rings. The van der Waals surface area contributed by atoms with E-state index in [1.165, 1.54) is 0 Å². The Labute approximate surface area is 122 Å². The van der Waals surface area contributed by atoms with Crippen LogP contribution >= 0.6 is 0 Å². The number of hydrogen-bond donors (Lipinski definition) is 1. The number of fused-ring (bicyclic) bond motifs is 1. The fourth-order valence-electron chi connectivity index (χ4n) is 2.16. The Morgan fingerprint density at radius 3 is 2.86 bits per heavy atom. The van der Waals surface area contributed by atoms with E-state index in [1.807, 2.05) is 36.4 Å². The van der Waals surface area contributed by atoms with Gasteiger partial charge in [0, 0.05) is 23.3 Å². The molecule has 0 unspecified atom stereocenters. The molecule has 1 heterocycles. The summed E-state index contributed by atoms with van der Waals surface area (Å²) in [7, 11) is 1.60. The van der Waals surface area contributed by atoms with Gasteiger partial charge in [-0.2, -0.15) is 5.26 Å². The highest BCUT2D eigenvalue weighted by atomic mass is 16.5. The van der Waals surface area contributed by atoms with Crippen LogP contribution in [0.1, 0.15) is 5.56 Å². The lowest BCUT2D eigenvalue weighted by atomic mass is 10.1. The van der Waals surface area contributed by atoms with Crippen LogP contribution in [-0.4, -0.2) is 12.1 Å². The van der Waals surface area contributed by atoms with Gasteiger partial charge in [0.15, 0.2) is 0 Å². The molecule has 0 aliphatic heterocycles. The van der Waals surface area contributed by atoms with Crippen molar-refractivity contribution < 1.29 is 4.74 Å². The van der Waals surface area contributed by atoms with Crippen LogP contribution in [0, 0.1) is 11.3 Å². The van der Waals surface area contributed by atoms with Crippen LogP contribution in [0.3, 0.4) is 0 Å². The van der Waals surface area contributed by atoms with Crippen LogP contribution in [0.4, 0.5) is 11.4 Å². The van der Waals surface area contributed by atoms with Gasteiger partial charge >= 0.3 is 0 Å². The van der Waals surface area contributed by atoms with E-state index in [1.54, 1.807) is 25.4 Å². The molecular weight excluding hydrogens is 262 g/mol. The quantitative estimate of drug-likeness (QED) is 0.788. The summed E-state index contributed by atoms with van der Waals surface area (Å²) in [5.74, 6) is 0.707. The number of ether oxygens (including phenoxy) is 1. The fourth-order valence-corrected chi connectivity index (χ4v) is 2.16. The number of rotatable bonds is 3. The maximum absolute atomic E-state index is 9.19. The average Bonchev–Trinajstić information content (AvgIpc) is 2.54. The predicted molar refractivity (Wildman–Crippen MR) is 82.7 cm³/mol. The summed E-state index contributed by atoms with van der Waals surface area (Å²) < 4.78 is 5.20. The lowest BCUT2D eigenvalue weighted by Gasteiger charge is -2.10. The zero-order chi connectivity index (χ0) is 14.7. The highest BCUT2D eigenvalue weighted by molar-refractivity contribution is 5.83. The molecule has 0 spiro atoms. The van der Waals surface area contributed by atoms with Crippen LogP contribution < -0.4 is 10.1 Å². The van der Waals surface area contributed by atoms with Gasteiger partial charge in [0.25, 0.3) is 0 Å². The number of nitrogens with one attached hydrogen (secondary N) is 1. The Balaban J connectivity index is 2.00. The summed E-state index contributed by atoms with van der Waals surface area (Å²) in [6.07, 6.45) is 1.77. The monoisotopic (exact) mass is 275 g/mol. The van der Waals surface area contributed by atoms with Crippen LogP contribution in [0.2, 0.25) is 0 Å². The molecule has 4 nitrogen and oxygen atoms in total. The lowest BCUT2D eigenvalue weighted by molar-refractivity contribution is 0.415. The van der Waals surface area contributed by atoms with Crippen molar-refractivity contribution >= 4 is 22.3 Å². The molecule has 3 rings (SSSR count). The molecule has 0 aliphatic rings. The second kappa shape index (κ2) is 5.51. The minimum Gasteiger partial charge on any atom is -0.497 e. The number of methoxy groups -OCH3 is 1. The van der Waals surface area contributed by atoms with E-state index in [-0.39, 0.29) is 0 Å². The SMILES string of the molecule is COc1ccc(C#N)c(Nc2ccc3ncccc3c2)c1. The third kappa shape index (κ3) is 2.63. The minimum absolute atomic E-state index is 0.571. The third-order valence-corrected chi connectivity index (χ3v) is 3.23. The molecule has 1 aromatic heterocycles. The number of anilines is 2. The van der Waals surface area contributed by atoms with E-state index in [9.17, 15) is 5.26 Å². The van der Waals surface area contributed by atoms with E-state index >= 15 is 0 Å². The first-order chi connectivity index (χ1) is 10.3. The van der Waals surface area contributed by atoms with Gasteiger partial charge in [-0.05, 0) is 36.4 Å². The molecule has 1 N–H and O–H groups in total. The highest BCUT2D eigenvalue weighted by Gasteiger charge is 2.05. The summed E-state index contributed by atoms with van der Waals surface area (Å²) in [6.45, 7) is 0. The van der Waals surface area contributed by atoms with Crippen LogP contribution in [0.15, 0.2) is 54.7 Å². The first-order valence-electron chi connectivity index (χ1n) is 6.50. The van der Waals surface area contributed by atoms with Crippen molar-refractivity contribution in [1.29, 1.82) is 5.26 Å². The van der Waals surface area contributed by atoms with Gasteiger partial charge in [0.2, 0.25) is 0 Å². The molecule has 102 valence electrons. The number of aromatic nitrogens is 1. The summed E-state index contributed by atoms with van der Waals surface area (Å²) in [5.41, 5.74) is 3.14. The molecule has 0 atom stereocenters. The van der Waals surface area contributed by atoms with Gasteiger partial charge in [-0.15, -0.1) is 0 Å². The van der Waals surface area contributed by atoms with Crippen LogP contribution in [0.25, 0.3) is 10.9 Å². The summed E-state index contributed by atoms with van der Waals surface area (Å²) in [4.78, 5) is 4.29. The molecule has 0 fully saturated rings. The Hall–Kier alpha value is -3.06. The zero-order valence-corrected chi connectivity index (χ0v) is 11.5. The number of nitriles is 1. The van der Waals surface area contributed by atoms with E-state index in [0.29, 0.717) is 11.3 Å². The first kappa shape index (κ1) is 12.9. The van der Waals surface area contributed by atoms with Crippen molar-refractivity contribution in [2.75, 3.05) is 12.4 Å². The van der Waals surface area contributed by atoms with E-state index < -0.39 is 0 Å². The molecule has 0 bridgehead atoms. The van der Waals surface area contributed by atoms with Gasteiger partial charge < -0.3 is 10.1 Å². The van der Waals surface area contributed by atoms with E-state index in [2.05, 4.69) is 16.4 Å². The second-order valence-electron chi connectivity index (χ2n) is 4.56. The molecule has 4 heteroatoms. The highest BCUT2D eigenvalue weighted by Crippen LogP contribution is 2.26. The zero-order valence-electron chi connectivity index (χ0n) is 11.5. The molecule has 0 saturated carbocycles. The number of pyridine rings is 1. The number of benzene rings is 2. The Bertz CT molecular complexity index is 837. The van der Waals surface area contributed by atoms with Crippen molar-refractivity contribution in [3.63, 3.8) is 0 Å². The Morgan fingerprint density at radius 1 is 1.14 bits per heavy atom. The number of nitrogens with zero attached hydrogens (tertiary/aromatic N) is 2. The summed E-state index contributed by atoms with van der Waals surface area (Å²) >= 11 is 0. The smallest absolute Gasteiger partial charge is 0.121 e. The molecule has 2 aromatic carbocycles. The normalized spacial score (nSPS) is 10.1. The van der Waals surface area contributed by atoms with E-state index in [0.717, 1.165) is 22.3 Å². The maximum atomic E-state index is 9.19. The largest absolute Gasteiger partial charge is 0.497 e. The summed E-state index contributed by atoms with van der Waals surface area (Å²) in [6, 6.07) is 17.3. The molecule has 0 amide bonds. The van der Waals surface area contributed by atoms with Gasteiger partial charge in [-0.3, -0.25) is 4.98 Å². The maximum Gasteiger partial charge on any atom is 0.121 e. The van der Waals surface area contributed by atoms with Gasteiger partial charge in [-0.1, -0.05) is 6.07 Å². The topological polar surface area (TPSA) is 57.9 Å². The summed E-state index contributed by atoms with van der Waals surface area (Å²) in [5, 5.41) is 13.5. The van der Waals surface area contributed by atoms with Crippen molar-refractivity contribution in [1.82, 2.24) is 4.98 Å². The second-order valence-corrected chi connectivity index (χ2v) is 4.56. The van der Waals surface area contributed by atoms with Gasteiger partial charge in [0.05, 0.1) is 23.9 Å². The predicted octanol–water partition coefficient (Wildman–Crippen LogP) is 3.86. The van der Waals surface area contributed by atoms with Crippen molar-refractivity contribution in [2.24, 2.45) is 0 Å².